The monoisotopic (exact) mass is 432 g/mol. The molecule has 0 saturated carbocycles. The molecule has 4 rings (SSSR count). The summed E-state index contributed by atoms with van der Waals surface area (Å²) in [5.74, 6) is 1.11. The number of pyridine rings is 2. The minimum atomic E-state index is -0.518. The maximum Gasteiger partial charge on any atom is 0.248 e. The van der Waals surface area contributed by atoms with Crippen molar-refractivity contribution in [2.75, 3.05) is 5.32 Å². The molecule has 0 aliphatic heterocycles. The molecule has 0 radical (unpaired) electrons. The number of primary amides is 1. The van der Waals surface area contributed by atoms with Crippen molar-refractivity contribution in [2.45, 2.75) is 19.8 Å². The number of nitrogens with zero attached hydrogens (tertiary/aromatic N) is 2. The van der Waals surface area contributed by atoms with Crippen LogP contribution in [0.4, 0.5) is 11.5 Å². The molecule has 0 unspecified atom stereocenters. The lowest BCUT2D eigenvalue weighted by Gasteiger charge is -2.14. The first-order chi connectivity index (χ1) is 15.0. The fourth-order valence-corrected chi connectivity index (χ4v) is 3.34. The van der Waals surface area contributed by atoms with E-state index in [0.717, 1.165) is 23.9 Å². The lowest BCUT2D eigenvalue weighted by molar-refractivity contribution is 0.1000. The van der Waals surface area contributed by atoms with Gasteiger partial charge in [-0.1, -0.05) is 31.0 Å². The number of anilines is 2. The van der Waals surface area contributed by atoms with E-state index in [1.54, 1.807) is 42.5 Å². The molecular weight excluding hydrogens is 412 g/mol. The van der Waals surface area contributed by atoms with Gasteiger partial charge in [-0.3, -0.25) is 4.79 Å². The second-order valence-corrected chi connectivity index (χ2v) is 7.49. The number of halogens is 1. The molecular formula is C24H21ClN4O2. The van der Waals surface area contributed by atoms with Crippen molar-refractivity contribution in [3.05, 3.63) is 83.0 Å². The Morgan fingerprint density at radius 3 is 2.71 bits per heavy atom. The Morgan fingerprint density at radius 2 is 1.90 bits per heavy atom. The number of benzene rings is 2. The van der Waals surface area contributed by atoms with Gasteiger partial charge in [-0.25, -0.2) is 9.97 Å². The summed E-state index contributed by atoms with van der Waals surface area (Å²) in [7, 11) is 0. The SMILES string of the molecule is CCCc1ccc2ccc(Nc3cc(Cl)ccc3Oc3cccc(C(N)=O)c3)nc2n1. The van der Waals surface area contributed by atoms with E-state index >= 15 is 0 Å². The molecule has 0 spiro atoms. The van der Waals surface area contributed by atoms with E-state index in [9.17, 15) is 4.79 Å². The molecule has 7 heteroatoms. The van der Waals surface area contributed by atoms with Crippen LogP contribution in [0.2, 0.25) is 5.02 Å². The van der Waals surface area contributed by atoms with Crippen LogP contribution in [0.15, 0.2) is 66.7 Å². The summed E-state index contributed by atoms with van der Waals surface area (Å²) in [6, 6.07) is 19.8. The maximum atomic E-state index is 11.5. The fourth-order valence-electron chi connectivity index (χ4n) is 3.17. The third-order valence-electron chi connectivity index (χ3n) is 4.67. The summed E-state index contributed by atoms with van der Waals surface area (Å²) >= 11 is 6.21. The predicted molar refractivity (Wildman–Crippen MR) is 123 cm³/mol. The minimum Gasteiger partial charge on any atom is -0.455 e. The van der Waals surface area contributed by atoms with Gasteiger partial charge in [-0.2, -0.15) is 0 Å². The van der Waals surface area contributed by atoms with E-state index in [1.165, 1.54) is 0 Å². The van der Waals surface area contributed by atoms with E-state index < -0.39 is 5.91 Å². The number of ether oxygens (including phenoxy) is 1. The molecule has 2 heterocycles. The summed E-state index contributed by atoms with van der Waals surface area (Å²) < 4.78 is 5.99. The standard InChI is InChI=1S/C24H21ClN4O2/c1-2-4-18-10-7-15-8-12-22(29-24(15)27-18)28-20-14-17(25)9-11-21(20)31-19-6-3-5-16(13-19)23(26)30/h3,5-14H,2,4H2,1H3,(H2,26,30)(H,27,28,29). The maximum absolute atomic E-state index is 11.5. The molecule has 0 bridgehead atoms. The molecule has 6 nitrogen and oxygen atoms in total. The van der Waals surface area contributed by atoms with Crippen LogP contribution in [0, 0.1) is 0 Å². The van der Waals surface area contributed by atoms with Crippen molar-refractivity contribution >= 4 is 40.0 Å². The Balaban J connectivity index is 1.64. The Hall–Kier alpha value is -3.64. The van der Waals surface area contributed by atoms with Crippen molar-refractivity contribution in [2.24, 2.45) is 5.73 Å². The van der Waals surface area contributed by atoms with Gasteiger partial charge in [0.25, 0.3) is 0 Å². The number of hydrogen-bond acceptors (Lipinski definition) is 5. The van der Waals surface area contributed by atoms with E-state index in [0.29, 0.717) is 39.2 Å². The van der Waals surface area contributed by atoms with Crippen LogP contribution in [0.1, 0.15) is 29.4 Å². The normalized spacial score (nSPS) is 10.8. The molecule has 31 heavy (non-hydrogen) atoms. The summed E-state index contributed by atoms with van der Waals surface area (Å²) in [6.45, 7) is 2.12. The van der Waals surface area contributed by atoms with Gasteiger partial charge in [0, 0.05) is 21.7 Å². The highest BCUT2D eigenvalue weighted by Crippen LogP contribution is 2.34. The van der Waals surface area contributed by atoms with Crippen LogP contribution in [0.3, 0.4) is 0 Å². The largest absolute Gasteiger partial charge is 0.455 e. The molecule has 0 saturated heterocycles. The van der Waals surface area contributed by atoms with Gasteiger partial charge in [0.05, 0.1) is 5.69 Å². The number of amides is 1. The molecule has 4 aromatic rings. The van der Waals surface area contributed by atoms with Crippen LogP contribution in [0.25, 0.3) is 11.0 Å². The zero-order valence-electron chi connectivity index (χ0n) is 16.9. The Bertz CT molecular complexity index is 1260. The van der Waals surface area contributed by atoms with Crippen molar-refractivity contribution in [3.63, 3.8) is 0 Å². The van der Waals surface area contributed by atoms with E-state index in [2.05, 4.69) is 22.2 Å². The molecule has 156 valence electrons. The first kappa shape index (κ1) is 20.6. The highest BCUT2D eigenvalue weighted by atomic mass is 35.5. The number of hydrogen-bond donors (Lipinski definition) is 2. The smallest absolute Gasteiger partial charge is 0.248 e. The number of carbonyl (C=O) groups is 1. The summed E-state index contributed by atoms with van der Waals surface area (Å²) in [4.78, 5) is 20.7. The topological polar surface area (TPSA) is 90.1 Å². The van der Waals surface area contributed by atoms with Crippen molar-refractivity contribution < 1.29 is 9.53 Å². The zero-order valence-corrected chi connectivity index (χ0v) is 17.7. The van der Waals surface area contributed by atoms with Crippen LogP contribution in [-0.2, 0) is 6.42 Å². The number of nitrogens with two attached hydrogens (primary N) is 1. The number of rotatable bonds is 7. The van der Waals surface area contributed by atoms with E-state index in [-0.39, 0.29) is 0 Å². The first-order valence-electron chi connectivity index (χ1n) is 9.93. The average molecular weight is 433 g/mol. The van der Waals surface area contributed by atoms with Gasteiger partial charge < -0.3 is 15.8 Å². The van der Waals surface area contributed by atoms with Gasteiger partial charge in [-0.15, -0.1) is 0 Å². The molecule has 2 aromatic carbocycles. The van der Waals surface area contributed by atoms with E-state index in [4.69, 9.17) is 22.1 Å². The number of carbonyl (C=O) groups excluding carboxylic acids is 1. The van der Waals surface area contributed by atoms with Crippen LogP contribution < -0.4 is 15.8 Å². The molecule has 0 aliphatic rings. The molecule has 2 aromatic heterocycles. The summed E-state index contributed by atoms with van der Waals surface area (Å²) in [6.07, 6.45) is 1.93. The van der Waals surface area contributed by atoms with Crippen molar-refractivity contribution in [1.82, 2.24) is 9.97 Å². The number of nitrogens with one attached hydrogen (secondary N) is 1. The molecule has 0 fully saturated rings. The third-order valence-corrected chi connectivity index (χ3v) is 4.90. The fraction of sp³-hybridized carbons (Fsp3) is 0.125. The lowest BCUT2D eigenvalue weighted by Crippen LogP contribution is -2.10. The highest BCUT2D eigenvalue weighted by Gasteiger charge is 2.10. The van der Waals surface area contributed by atoms with Gasteiger partial charge in [0.15, 0.2) is 11.4 Å². The third kappa shape index (κ3) is 4.92. The van der Waals surface area contributed by atoms with Gasteiger partial charge >= 0.3 is 0 Å². The molecule has 1 amide bonds. The Kier molecular flexibility index (Phi) is 6.00. The number of aromatic nitrogens is 2. The quantitative estimate of drug-likeness (QED) is 0.381. The number of fused-ring (bicyclic) bond motifs is 1. The molecule has 0 atom stereocenters. The van der Waals surface area contributed by atoms with Crippen molar-refractivity contribution in [3.8, 4) is 11.5 Å². The first-order valence-corrected chi connectivity index (χ1v) is 10.3. The lowest BCUT2D eigenvalue weighted by atomic mass is 10.2. The summed E-state index contributed by atoms with van der Waals surface area (Å²) in [5.41, 5.74) is 8.05. The van der Waals surface area contributed by atoms with Crippen LogP contribution >= 0.6 is 11.6 Å². The minimum absolute atomic E-state index is 0.367. The van der Waals surface area contributed by atoms with Crippen molar-refractivity contribution in [1.29, 1.82) is 0 Å². The molecule has 3 N–H and O–H groups in total. The zero-order chi connectivity index (χ0) is 21.8. The van der Waals surface area contributed by atoms with Gasteiger partial charge in [-0.05, 0) is 67.1 Å². The van der Waals surface area contributed by atoms with E-state index in [1.807, 2.05) is 24.3 Å². The second kappa shape index (κ2) is 9.02. The summed E-state index contributed by atoms with van der Waals surface area (Å²) in [5, 5.41) is 4.78. The van der Waals surface area contributed by atoms with Gasteiger partial charge in [0.1, 0.15) is 11.6 Å². The highest BCUT2D eigenvalue weighted by molar-refractivity contribution is 6.31. The average Bonchev–Trinajstić information content (AvgIpc) is 2.76. The second-order valence-electron chi connectivity index (χ2n) is 7.06. The predicted octanol–water partition coefficient (Wildman–Crippen LogP) is 5.87. The Labute approximate surface area is 185 Å². The Morgan fingerprint density at radius 1 is 1.06 bits per heavy atom. The van der Waals surface area contributed by atoms with Gasteiger partial charge in [0.2, 0.25) is 5.91 Å². The molecule has 0 aliphatic carbocycles. The number of aryl methyl sites for hydroxylation is 1. The van der Waals surface area contributed by atoms with Crippen LogP contribution in [0.5, 0.6) is 11.5 Å². The van der Waals surface area contributed by atoms with Crippen LogP contribution in [-0.4, -0.2) is 15.9 Å².